The summed E-state index contributed by atoms with van der Waals surface area (Å²) in [5.74, 6) is -0.860. The molecule has 2 amide bonds. The molecule has 7 nitrogen and oxygen atoms in total. The minimum absolute atomic E-state index is 0.0137. The smallest absolute Gasteiger partial charge is 0.494 e. The number of nitrogens with zero attached hydrogens (tertiary/aromatic N) is 1. The molecule has 0 aliphatic carbocycles. The minimum atomic E-state index is -4.81. The number of alkyl halides is 3. The van der Waals surface area contributed by atoms with E-state index in [2.05, 4.69) is 10.1 Å². The SMILES string of the molecule is CCOc1ccc(C2=C(Nc3ccc(OC(F)(F)F)cc3)C(=O)N(CCOC)C2=O)cc1. The van der Waals surface area contributed by atoms with Gasteiger partial charge in [-0.1, -0.05) is 12.1 Å². The molecule has 2 aromatic rings. The van der Waals surface area contributed by atoms with Crippen LogP contribution in [0.3, 0.4) is 0 Å². The highest BCUT2D eigenvalue weighted by Crippen LogP contribution is 2.32. The summed E-state index contributed by atoms with van der Waals surface area (Å²) in [5, 5.41) is 2.86. The van der Waals surface area contributed by atoms with Crippen molar-refractivity contribution in [1.29, 1.82) is 0 Å². The van der Waals surface area contributed by atoms with Crippen molar-refractivity contribution >= 4 is 23.1 Å². The third-order valence-corrected chi connectivity index (χ3v) is 4.50. The maximum Gasteiger partial charge on any atom is 0.573 e. The summed E-state index contributed by atoms with van der Waals surface area (Å²) >= 11 is 0. The Balaban J connectivity index is 1.93. The molecule has 0 aromatic heterocycles. The quantitative estimate of drug-likeness (QED) is 0.586. The Bertz CT molecular complexity index is 1000. The van der Waals surface area contributed by atoms with E-state index in [1.54, 1.807) is 24.3 Å². The summed E-state index contributed by atoms with van der Waals surface area (Å²) in [6.45, 7) is 2.53. The van der Waals surface area contributed by atoms with E-state index < -0.39 is 23.9 Å². The van der Waals surface area contributed by atoms with Crippen molar-refractivity contribution in [3.8, 4) is 11.5 Å². The van der Waals surface area contributed by atoms with Gasteiger partial charge < -0.3 is 19.5 Å². The van der Waals surface area contributed by atoms with Crippen LogP contribution in [0.1, 0.15) is 12.5 Å². The molecular formula is C22H21F3N2O5. The third-order valence-electron chi connectivity index (χ3n) is 4.50. The summed E-state index contributed by atoms with van der Waals surface area (Å²) in [5.41, 5.74) is 0.962. The van der Waals surface area contributed by atoms with Crippen LogP contribution in [0.2, 0.25) is 0 Å². The van der Waals surface area contributed by atoms with E-state index in [-0.39, 0.29) is 24.4 Å². The van der Waals surface area contributed by atoms with E-state index in [0.717, 1.165) is 17.0 Å². The van der Waals surface area contributed by atoms with E-state index in [1.165, 1.54) is 19.2 Å². The Kier molecular flexibility index (Phi) is 7.04. The van der Waals surface area contributed by atoms with Gasteiger partial charge in [0.1, 0.15) is 17.2 Å². The van der Waals surface area contributed by atoms with Crippen LogP contribution in [0.5, 0.6) is 11.5 Å². The van der Waals surface area contributed by atoms with Crippen molar-refractivity contribution in [2.75, 3.05) is 32.2 Å². The van der Waals surface area contributed by atoms with Crippen molar-refractivity contribution < 1.29 is 37.0 Å². The molecule has 10 heteroatoms. The van der Waals surface area contributed by atoms with Crippen LogP contribution < -0.4 is 14.8 Å². The highest BCUT2D eigenvalue weighted by atomic mass is 19.4. The lowest BCUT2D eigenvalue weighted by atomic mass is 10.0. The number of hydrogen-bond acceptors (Lipinski definition) is 6. The molecule has 32 heavy (non-hydrogen) atoms. The summed E-state index contributed by atoms with van der Waals surface area (Å²) in [6, 6.07) is 11.5. The first-order valence-electron chi connectivity index (χ1n) is 9.69. The lowest BCUT2D eigenvalue weighted by Crippen LogP contribution is -2.35. The van der Waals surface area contributed by atoms with E-state index in [4.69, 9.17) is 9.47 Å². The first-order valence-corrected chi connectivity index (χ1v) is 9.69. The predicted molar refractivity (Wildman–Crippen MR) is 110 cm³/mol. The number of rotatable bonds is 9. The second-order valence-electron chi connectivity index (χ2n) is 6.66. The standard InChI is InChI=1S/C22H21F3N2O5/c1-3-31-16-8-4-14(5-9-16)18-19(21(29)27(20(18)28)12-13-30-2)26-15-6-10-17(11-7-15)32-22(23,24)25/h4-11,26H,3,12-13H2,1-2H3. The van der Waals surface area contributed by atoms with Crippen LogP contribution in [0.25, 0.3) is 5.57 Å². The van der Waals surface area contributed by atoms with Crippen LogP contribution in [0.4, 0.5) is 18.9 Å². The normalized spacial score (nSPS) is 14.2. The Labute approximate surface area is 182 Å². The van der Waals surface area contributed by atoms with Gasteiger partial charge in [-0.15, -0.1) is 13.2 Å². The number of halogens is 3. The number of hydrogen-bond donors (Lipinski definition) is 1. The van der Waals surface area contributed by atoms with Gasteiger partial charge in [-0.2, -0.15) is 0 Å². The highest BCUT2D eigenvalue weighted by molar-refractivity contribution is 6.36. The van der Waals surface area contributed by atoms with E-state index in [9.17, 15) is 22.8 Å². The maximum absolute atomic E-state index is 13.0. The molecule has 0 spiro atoms. The molecule has 0 saturated heterocycles. The van der Waals surface area contributed by atoms with Gasteiger partial charge in [0.2, 0.25) is 0 Å². The number of nitrogens with one attached hydrogen (secondary N) is 1. The molecule has 1 N–H and O–H groups in total. The molecule has 170 valence electrons. The Hall–Kier alpha value is -3.53. The topological polar surface area (TPSA) is 77.1 Å². The van der Waals surface area contributed by atoms with Gasteiger partial charge in [-0.25, -0.2) is 0 Å². The lowest BCUT2D eigenvalue weighted by Gasteiger charge is -2.14. The molecule has 1 aliphatic heterocycles. The fourth-order valence-corrected chi connectivity index (χ4v) is 3.11. The molecule has 3 rings (SSSR count). The summed E-state index contributed by atoms with van der Waals surface area (Å²) < 4.78 is 51.4. The largest absolute Gasteiger partial charge is 0.573 e. The van der Waals surface area contributed by atoms with Crippen molar-refractivity contribution in [1.82, 2.24) is 4.90 Å². The average molecular weight is 450 g/mol. The molecule has 0 unspecified atom stereocenters. The first kappa shape index (κ1) is 23.1. The van der Waals surface area contributed by atoms with Crippen LogP contribution in [-0.2, 0) is 14.3 Å². The number of ether oxygens (including phenoxy) is 3. The van der Waals surface area contributed by atoms with Gasteiger partial charge in [-0.3, -0.25) is 14.5 Å². The number of amides is 2. The number of benzene rings is 2. The van der Waals surface area contributed by atoms with Crippen molar-refractivity contribution in [3.63, 3.8) is 0 Å². The van der Waals surface area contributed by atoms with Gasteiger partial charge in [0, 0.05) is 12.8 Å². The maximum atomic E-state index is 13.0. The molecule has 0 radical (unpaired) electrons. The monoisotopic (exact) mass is 450 g/mol. The molecule has 0 atom stereocenters. The first-order chi connectivity index (χ1) is 15.2. The number of imide groups is 1. The van der Waals surface area contributed by atoms with Crippen molar-refractivity contribution in [2.45, 2.75) is 13.3 Å². The zero-order chi connectivity index (χ0) is 23.3. The number of methoxy groups -OCH3 is 1. The molecular weight excluding hydrogens is 429 g/mol. The molecule has 0 bridgehead atoms. The minimum Gasteiger partial charge on any atom is -0.494 e. The molecule has 1 heterocycles. The van der Waals surface area contributed by atoms with Gasteiger partial charge in [0.25, 0.3) is 11.8 Å². The second kappa shape index (κ2) is 9.73. The van der Waals surface area contributed by atoms with Crippen LogP contribution in [0.15, 0.2) is 54.2 Å². The van der Waals surface area contributed by atoms with Crippen molar-refractivity contribution in [2.24, 2.45) is 0 Å². The lowest BCUT2D eigenvalue weighted by molar-refractivity contribution is -0.274. The molecule has 2 aromatic carbocycles. The van der Waals surface area contributed by atoms with Crippen molar-refractivity contribution in [3.05, 3.63) is 59.8 Å². The fraction of sp³-hybridized carbons (Fsp3) is 0.273. The Morgan fingerprint density at radius 2 is 1.56 bits per heavy atom. The summed E-state index contributed by atoms with van der Waals surface area (Å²) in [6.07, 6.45) is -4.81. The zero-order valence-electron chi connectivity index (χ0n) is 17.4. The van der Waals surface area contributed by atoms with Crippen LogP contribution in [-0.4, -0.2) is 49.9 Å². The van der Waals surface area contributed by atoms with Gasteiger partial charge >= 0.3 is 6.36 Å². The van der Waals surface area contributed by atoms with Gasteiger partial charge in [0.05, 0.1) is 25.3 Å². The third kappa shape index (κ3) is 5.38. The van der Waals surface area contributed by atoms with Crippen LogP contribution >= 0.6 is 0 Å². The van der Waals surface area contributed by atoms with E-state index in [0.29, 0.717) is 23.6 Å². The van der Waals surface area contributed by atoms with Gasteiger partial charge in [-0.05, 0) is 48.9 Å². The highest BCUT2D eigenvalue weighted by Gasteiger charge is 2.39. The number of carbonyl (C=O) groups is 2. The molecule has 0 saturated carbocycles. The summed E-state index contributed by atoms with van der Waals surface area (Å²) in [4.78, 5) is 27.0. The number of anilines is 1. The molecule has 1 aliphatic rings. The fourth-order valence-electron chi connectivity index (χ4n) is 3.11. The van der Waals surface area contributed by atoms with E-state index in [1.807, 2.05) is 6.92 Å². The predicted octanol–water partition coefficient (Wildman–Crippen LogP) is 3.82. The molecule has 0 fully saturated rings. The van der Waals surface area contributed by atoms with E-state index >= 15 is 0 Å². The Morgan fingerprint density at radius 1 is 0.938 bits per heavy atom. The zero-order valence-corrected chi connectivity index (χ0v) is 17.4. The van der Waals surface area contributed by atoms with Crippen LogP contribution in [0, 0.1) is 0 Å². The summed E-state index contributed by atoms with van der Waals surface area (Å²) in [7, 11) is 1.45. The number of carbonyl (C=O) groups excluding carboxylic acids is 2. The Morgan fingerprint density at radius 3 is 2.12 bits per heavy atom. The second-order valence-corrected chi connectivity index (χ2v) is 6.66. The van der Waals surface area contributed by atoms with Gasteiger partial charge in [0.15, 0.2) is 0 Å². The average Bonchev–Trinajstić information content (AvgIpc) is 2.97.